The Labute approximate surface area is 201 Å². The first-order chi connectivity index (χ1) is 16.4. The van der Waals surface area contributed by atoms with E-state index in [0.29, 0.717) is 22.9 Å². The second-order valence-corrected chi connectivity index (χ2v) is 8.06. The minimum atomic E-state index is -0.971. The average Bonchev–Trinajstić information content (AvgIpc) is 3.31. The Morgan fingerprint density at radius 2 is 1.76 bits per heavy atom. The van der Waals surface area contributed by atoms with Crippen molar-refractivity contribution in [2.24, 2.45) is 0 Å². The van der Waals surface area contributed by atoms with Crippen LogP contribution in [0.25, 0.3) is 22.4 Å². The molecule has 0 aliphatic rings. The molecule has 1 amide bonds. The Balaban J connectivity index is 1.69. The summed E-state index contributed by atoms with van der Waals surface area (Å²) in [5.74, 6) is -0.499. The standard InChI is InChI=1S/C26H22ClN3O4/c1-28-25(31)19-11-16(12-20(27)13-19)15-30-10-9-24(29-30)23-14-21(34-2)7-8-22(23)17-3-5-18(6-4-17)26(32)33/h3-14H,15H2,1-2H3,(H,28,31)(H,32,33). The van der Waals surface area contributed by atoms with E-state index in [1.165, 1.54) is 0 Å². The van der Waals surface area contributed by atoms with Crippen LogP contribution in [0.3, 0.4) is 0 Å². The molecule has 1 aromatic heterocycles. The van der Waals surface area contributed by atoms with Crippen molar-refractivity contribution in [1.82, 2.24) is 15.1 Å². The van der Waals surface area contributed by atoms with Gasteiger partial charge in [-0.2, -0.15) is 5.10 Å². The van der Waals surface area contributed by atoms with Gasteiger partial charge in [0.25, 0.3) is 5.91 Å². The third-order valence-electron chi connectivity index (χ3n) is 5.38. The zero-order valence-electron chi connectivity index (χ0n) is 18.6. The van der Waals surface area contributed by atoms with E-state index in [-0.39, 0.29) is 11.5 Å². The minimum Gasteiger partial charge on any atom is -0.497 e. The van der Waals surface area contributed by atoms with E-state index in [2.05, 4.69) is 5.32 Å². The molecular formula is C26H22ClN3O4. The SMILES string of the molecule is CNC(=O)c1cc(Cl)cc(Cn2ccc(-c3cc(OC)ccc3-c3ccc(C(=O)O)cc3)n2)c1. The molecule has 0 atom stereocenters. The Morgan fingerprint density at radius 1 is 1.00 bits per heavy atom. The number of carboxylic acids is 1. The van der Waals surface area contributed by atoms with Gasteiger partial charge in [0.15, 0.2) is 0 Å². The number of nitrogens with zero attached hydrogens (tertiary/aromatic N) is 2. The highest BCUT2D eigenvalue weighted by Crippen LogP contribution is 2.34. The number of aromatic nitrogens is 2. The van der Waals surface area contributed by atoms with Gasteiger partial charge >= 0.3 is 5.97 Å². The summed E-state index contributed by atoms with van der Waals surface area (Å²) in [4.78, 5) is 23.2. The molecule has 0 aliphatic carbocycles. The number of halogens is 1. The first-order valence-electron chi connectivity index (χ1n) is 10.4. The summed E-state index contributed by atoms with van der Waals surface area (Å²) >= 11 is 6.21. The van der Waals surface area contributed by atoms with E-state index in [9.17, 15) is 14.7 Å². The Morgan fingerprint density at radius 3 is 2.44 bits per heavy atom. The van der Waals surface area contributed by atoms with Crippen LogP contribution in [0, 0.1) is 0 Å². The predicted octanol–water partition coefficient (Wildman–Crippen LogP) is 4.99. The lowest BCUT2D eigenvalue weighted by Gasteiger charge is -2.11. The number of ether oxygens (including phenoxy) is 1. The van der Waals surface area contributed by atoms with Crippen molar-refractivity contribution in [3.8, 4) is 28.1 Å². The van der Waals surface area contributed by atoms with E-state index >= 15 is 0 Å². The van der Waals surface area contributed by atoms with Crippen LogP contribution in [0.1, 0.15) is 26.3 Å². The number of carbonyl (C=O) groups excluding carboxylic acids is 1. The van der Waals surface area contributed by atoms with Crippen LogP contribution in [0.5, 0.6) is 5.75 Å². The highest BCUT2D eigenvalue weighted by Gasteiger charge is 2.14. The molecule has 1 heterocycles. The average molecular weight is 476 g/mol. The van der Waals surface area contributed by atoms with Crippen molar-refractivity contribution in [2.45, 2.75) is 6.54 Å². The highest BCUT2D eigenvalue weighted by molar-refractivity contribution is 6.31. The van der Waals surface area contributed by atoms with Gasteiger partial charge in [0, 0.05) is 29.4 Å². The van der Waals surface area contributed by atoms with Gasteiger partial charge in [0.2, 0.25) is 0 Å². The summed E-state index contributed by atoms with van der Waals surface area (Å²) in [5, 5.41) is 17.0. The molecule has 0 saturated heterocycles. The number of carboxylic acid groups (broad SMARTS) is 1. The molecule has 0 fully saturated rings. The fourth-order valence-electron chi connectivity index (χ4n) is 3.70. The van der Waals surface area contributed by atoms with Gasteiger partial charge in [0.1, 0.15) is 5.75 Å². The molecule has 0 spiro atoms. The van der Waals surface area contributed by atoms with E-state index in [4.69, 9.17) is 21.4 Å². The number of hydrogen-bond acceptors (Lipinski definition) is 4. The van der Waals surface area contributed by atoms with Gasteiger partial charge in [-0.15, -0.1) is 0 Å². The van der Waals surface area contributed by atoms with Crippen molar-refractivity contribution in [3.05, 3.63) is 94.6 Å². The summed E-state index contributed by atoms with van der Waals surface area (Å²) in [7, 11) is 3.17. The van der Waals surface area contributed by atoms with E-state index < -0.39 is 5.97 Å². The van der Waals surface area contributed by atoms with Crippen LogP contribution in [0.15, 0.2) is 72.9 Å². The topological polar surface area (TPSA) is 93.5 Å². The van der Waals surface area contributed by atoms with E-state index in [0.717, 1.165) is 27.9 Å². The van der Waals surface area contributed by atoms with Crippen molar-refractivity contribution >= 4 is 23.5 Å². The molecule has 8 heteroatoms. The maximum Gasteiger partial charge on any atom is 0.335 e. The molecule has 0 unspecified atom stereocenters. The molecule has 0 radical (unpaired) electrons. The van der Waals surface area contributed by atoms with Crippen molar-refractivity contribution < 1.29 is 19.4 Å². The van der Waals surface area contributed by atoms with Gasteiger partial charge in [-0.3, -0.25) is 9.48 Å². The van der Waals surface area contributed by atoms with Crippen LogP contribution < -0.4 is 10.1 Å². The number of hydrogen-bond donors (Lipinski definition) is 2. The van der Waals surface area contributed by atoms with E-state index in [1.54, 1.807) is 61.3 Å². The first kappa shape index (κ1) is 23.1. The van der Waals surface area contributed by atoms with E-state index in [1.807, 2.05) is 30.5 Å². The quantitative estimate of drug-likeness (QED) is 0.393. The lowest BCUT2D eigenvalue weighted by atomic mass is 9.96. The van der Waals surface area contributed by atoms with Crippen LogP contribution in [0.4, 0.5) is 0 Å². The molecule has 172 valence electrons. The van der Waals surface area contributed by atoms with Gasteiger partial charge in [-0.1, -0.05) is 29.8 Å². The second-order valence-electron chi connectivity index (χ2n) is 7.62. The summed E-state index contributed by atoms with van der Waals surface area (Å²) in [6.07, 6.45) is 1.85. The zero-order valence-corrected chi connectivity index (χ0v) is 19.3. The molecule has 0 saturated carbocycles. The molecule has 3 aromatic carbocycles. The van der Waals surface area contributed by atoms with Crippen LogP contribution in [-0.4, -0.2) is 40.9 Å². The number of amides is 1. The van der Waals surface area contributed by atoms with Gasteiger partial charge in [-0.05, 0) is 65.2 Å². The van der Waals surface area contributed by atoms with Gasteiger partial charge in [-0.25, -0.2) is 4.79 Å². The molecule has 34 heavy (non-hydrogen) atoms. The Hall–Kier alpha value is -4.10. The van der Waals surface area contributed by atoms with Crippen LogP contribution in [-0.2, 0) is 6.54 Å². The molecule has 0 aliphatic heterocycles. The molecular weight excluding hydrogens is 454 g/mol. The lowest BCUT2D eigenvalue weighted by molar-refractivity contribution is 0.0696. The smallest absolute Gasteiger partial charge is 0.335 e. The summed E-state index contributed by atoms with van der Waals surface area (Å²) in [6.45, 7) is 0.428. The normalized spacial score (nSPS) is 10.7. The number of nitrogens with one attached hydrogen (secondary N) is 1. The van der Waals surface area contributed by atoms with Crippen molar-refractivity contribution in [1.29, 1.82) is 0 Å². The number of aromatic carboxylic acids is 1. The number of methoxy groups -OCH3 is 1. The van der Waals surface area contributed by atoms with Gasteiger partial charge < -0.3 is 15.2 Å². The Kier molecular flexibility index (Phi) is 6.65. The molecule has 0 bridgehead atoms. The van der Waals surface area contributed by atoms with Crippen LogP contribution in [0.2, 0.25) is 5.02 Å². The summed E-state index contributed by atoms with van der Waals surface area (Å²) in [5.41, 5.74) is 4.88. The van der Waals surface area contributed by atoms with Crippen molar-refractivity contribution in [2.75, 3.05) is 14.2 Å². The third-order valence-corrected chi connectivity index (χ3v) is 5.60. The molecule has 4 rings (SSSR count). The first-order valence-corrected chi connectivity index (χ1v) is 10.8. The number of carbonyl (C=O) groups is 2. The third kappa shape index (κ3) is 4.94. The largest absolute Gasteiger partial charge is 0.497 e. The fraction of sp³-hybridized carbons (Fsp3) is 0.115. The van der Waals surface area contributed by atoms with Gasteiger partial charge in [0.05, 0.1) is 24.9 Å². The maximum absolute atomic E-state index is 12.0. The molecule has 4 aromatic rings. The minimum absolute atomic E-state index is 0.208. The fourth-order valence-corrected chi connectivity index (χ4v) is 3.96. The highest BCUT2D eigenvalue weighted by atomic mass is 35.5. The Bertz CT molecular complexity index is 1360. The lowest BCUT2D eigenvalue weighted by Crippen LogP contribution is -2.18. The molecule has 2 N–H and O–H groups in total. The predicted molar refractivity (Wildman–Crippen MR) is 131 cm³/mol. The maximum atomic E-state index is 12.0. The second kappa shape index (κ2) is 9.80. The number of rotatable bonds is 7. The monoisotopic (exact) mass is 475 g/mol. The van der Waals surface area contributed by atoms with Crippen molar-refractivity contribution in [3.63, 3.8) is 0 Å². The zero-order chi connectivity index (χ0) is 24.2. The van der Waals surface area contributed by atoms with Crippen LogP contribution >= 0.6 is 11.6 Å². The summed E-state index contributed by atoms with van der Waals surface area (Å²) < 4.78 is 7.18. The molecule has 7 nitrogen and oxygen atoms in total. The summed E-state index contributed by atoms with van der Waals surface area (Å²) in [6, 6.07) is 19.5. The number of benzene rings is 3.